The predicted molar refractivity (Wildman–Crippen MR) is 114 cm³/mol. The molecule has 2 amide bonds. The minimum atomic E-state index is -0.494. The van der Waals surface area contributed by atoms with E-state index in [9.17, 15) is 14.0 Å². The van der Waals surface area contributed by atoms with E-state index in [0.717, 1.165) is 4.90 Å². The molecular weight excluding hydrogens is 430 g/mol. The molecule has 1 fully saturated rings. The van der Waals surface area contributed by atoms with Gasteiger partial charge in [0, 0.05) is 13.1 Å². The van der Waals surface area contributed by atoms with E-state index in [4.69, 9.17) is 27.9 Å². The third kappa shape index (κ3) is 3.71. The number of ether oxygens (including phenoxy) is 1. The largest absolute Gasteiger partial charge is 0.372 e. The van der Waals surface area contributed by atoms with Crippen LogP contribution < -0.4 is 4.90 Å². The molecule has 5 nitrogen and oxygen atoms in total. The fourth-order valence-electron chi connectivity index (χ4n) is 3.91. The van der Waals surface area contributed by atoms with Gasteiger partial charge in [-0.05, 0) is 49.7 Å². The van der Waals surface area contributed by atoms with Gasteiger partial charge in [-0.3, -0.25) is 9.59 Å². The SMILES string of the molecule is CC1CN(C2=C(c3ccc(F)cc3)C(=O)N(c3ccc(Cl)c(Cl)c3)C2=O)CC(C)O1. The number of imide groups is 1. The number of anilines is 1. The van der Waals surface area contributed by atoms with Crippen molar-refractivity contribution in [2.24, 2.45) is 0 Å². The Hall–Kier alpha value is -2.41. The van der Waals surface area contributed by atoms with Crippen LogP contribution in [0.5, 0.6) is 0 Å². The highest BCUT2D eigenvalue weighted by atomic mass is 35.5. The lowest BCUT2D eigenvalue weighted by atomic mass is 10.0. The topological polar surface area (TPSA) is 49.9 Å². The number of benzene rings is 2. The van der Waals surface area contributed by atoms with Crippen molar-refractivity contribution in [1.82, 2.24) is 4.90 Å². The van der Waals surface area contributed by atoms with E-state index in [-0.39, 0.29) is 28.5 Å². The lowest BCUT2D eigenvalue weighted by molar-refractivity contribution is -0.121. The summed E-state index contributed by atoms with van der Waals surface area (Å²) in [4.78, 5) is 29.9. The van der Waals surface area contributed by atoms with Crippen LogP contribution in [0, 0.1) is 5.82 Å². The second-order valence-corrected chi connectivity index (χ2v) is 8.25. The van der Waals surface area contributed by atoms with Crippen molar-refractivity contribution < 1.29 is 18.7 Å². The number of rotatable bonds is 3. The quantitative estimate of drug-likeness (QED) is 0.647. The zero-order valence-electron chi connectivity index (χ0n) is 16.4. The molecule has 2 aromatic carbocycles. The van der Waals surface area contributed by atoms with Gasteiger partial charge in [-0.1, -0.05) is 35.3 Å². The van der Waals surface area contributed by atoms with Gasteiger partial charge in [-0.25, -0.2) is 9.29 Å². The predicted octanol–water partition coefficient (Wildman–Crippen LogP) is 4.53. The molecule has 30 heavy (non-hydrogen) atoms. The van der Waals surface area contributed by atoms with Crippen LogP contribution >= 0.6 is 23.2 Å². The number of hydrogen-bond acceptors (Lipinski definition) is 4. The first-order valence-corrected chi connectivity index (χ1v) is 10.3. The molecule has 156 valence electrons. The Kier molecular flexibility index (Phi) is 5.57. The molecule has 0 aromatic heterocycles. The zero-order chi connectivity index (χ0) is 21.6. The molecule has 0 bridgehead atoms. The molecule has 0 saturated carbocycles. The summed E-state index contributed by atoms with van der Waals surface area (Å²) in [6, 6.07) is 10.1. The van der Waals surface area contributed by atoms with Crippen LogP contribution in [0.1, 0.15) is 19.4 Å². The molecule has 8 heteroatoms. The van der Waals surface area contributed by atoms with E-state index < -0.39 is 17.6 Å². The molecule has 0 spiro atoms. The molecule has 2 aliphatic rings. The van der Waals surface area contributed by atoms with Crippen molar-refractivity contribution in [2.45, 2.75) is 26.1 Å². The Morgan fingerprint density at radius 1 is 0.933 bits per heavy atom. The van der Waals surface area contributed by atoms with Crippen molar-refractivity contribution in [3.8, 4) is 0 Å². The number of amides is 2. The number of nitrogens with zero attached hydrogens (tertiary/aromatic N) is 2. The molecular formula is C22H19Cl2FN2O3. The summed E-state index contributed by atoms with van der Waals surface area (Å²) in [5.41, 5.74) is 1.30. The van der Waals surface area contributed by atoms with Crippen LogP contribution in [0.3, 0.4) is 0 Å². The van der Waals surface area contributed by atoms with Crippen LogP contribution in [-0.2, 0) is 14.3 Å². The summed E-state index contributed by atoms with van der Waals surface area (Å²) in [5.74, 6) is -1.38. The minimum absolute atomic E-state index is 0.113. The molecule has 0 N–H and O–H groups in total. The lowest BCUT2D eigenvalue weighted by Crippen LogP contribution is -2.47. The Labute approximate surface area is 183 Å². The van der Waals surface area contributed by atoms with Gasteiger partial charge in [-0.2, -0.15) is 0 Å². The Morgan fingerprint density at radius 3 is 2.17 bits per heavy atom. The standard InChI is InChI=1S/C22H19Cl2FN2O3/c1-12-10-26(11-13(2)30-12)20-19(14-3-5-15(25)6-4-14)21(28)27(22(20)29)16-7-8-17(23)18(24)9-16/h3-9,12-13H,10-11H2,1-2H3. The Balaban J connectivity index is 1.84. The first-order chi connectivity index (χ1) is 14.3. The monoisotopic (exact) mass is 448 g/mol. The highest BCUT2D eigenvalue weighted by Crippen LogP contribution is 2.37. The van der Waals surface area contributed by atoms with E-state index in [2.05, 4.69) is 0 Å². The lowest BCUT2D eigenvalue weighted by Gasteiger charge is -2.37. The summed E-state index contributed by atoms with van der Waals surface area (Å²) in [6.07, 6.45) is -0.227. The summed E-state index contributed by atoms with van der Waals surface area (Å²) in [5, 5.41) is 0.558. The number of carbonyl (C=O) groups excluding carboxylic acids is 2. The van der Waals surface area contributed by atoms with Gasteiger partial charge in [-0.15, -0.1) is 0 Å². The molecule has 0 aliphatic carbocycles. The zero-order valence-corrected chi connectivity index (χ0v) is 17.9. The first kappa shape index (κ1) is 20.8. The third-order valence-corrected chi connectivity index (χ3v) is 5.83. The highest BCUT2D eigenvalue weighted by molar-refractivity contribution is 6.46. The van der Waals surface area contributed by atoms with Crippen molar-refractivity contribution in [3.63, 3.8) is 0 Å². The molecule has 2 unspecified atom stereocenters. The number of halogens is 3. The fourth-order valence-corrected chi connectivity index (χ4v) is 4.20. The van der Waals surface area contributed by atoms with Gasteiger partial charge >= 0.3 is 0 Å². The van der Waals surface area contributed by atoms with E-state index in [1.807, 2.05) is 18.7 Å². The smallest absolute Gasteiger partial charge is 0.282 e. The van der Waals surface area contributed by atoms with Gasteiger partial charge in [0.1, 0.15) is 11.5 Å². The maximum Gasteiger partial charge on any atom is 0.282 e. The normalized spacial score (nSPS) is 22.3. The Morgan fingerprint density at radius 2 is 1.57 bits per heavy atom. The number of hydrogen-bond donors (Lipinski definition) is 0. The molecule has 4 rings (SSSR count). The molecule has 0 radical (unpaired) electrons. The minimum Gasteiger partial charge on any atom is -0.372 e. The van der Waals surface area contributed by atoms with E-state index in [0.29, 0.717) is 29.4 Å². The fraction of sp³-hybridized carbons (Fsp3) is 0.273. The summed E-state index contributed by atoms with van der Waals surface area (Å²) in [7, 11) is 0. The molecule has 2 atom stereocenters. The van der Waals surface area contributed by atoms with Crippen molar-refractivity contribution >= 4 is 46.3 Å². The number of carbonyl (C=O) groups is 2. The maximum absolute atomic E-state index is 13.5. The first-order valence-electron chi connectivity index (χ1n) is 9.50. The van der Waals surface area contributed by atoms with Gasteiger partial charge in [0.2, 0.25) is 0 Å². The number of morpholine rings is 1. The van der Waals surface area contributed by atoms with Crippen LogP contribution in [0.15, 0.2) is 48.2 Å². The van der Waals surface area contributed by atoms with Crippen molar-refractivity contribution in [3.05, 3.63) is 69.6 Å². The van der Waals surface area contributed by atoms with E-state index in [1.165, 1.54) is 36.4 Å². The van der Waals surface area contributed by atoms with Gasteiger partial charge < -0.3 is 9.64 Å². The van der Waals surface area contributed by atoms with Crippen LogP contribution in [0.2, 0.25) is 10.0 Å². The summed E-state index contributed by atoms with van der Waals surface area (Å²) < 4.78 is 19.3. The van der Waals surface area contributed by atoms with Gasteiger partial charge in [0.05, 0.1) is 33.5 Å². The molecule has 2 aromatic rings. The molecule has 2 heterocycles. The van der Waals surface area contributed by atoms with E-state index >= 15 is 0 Å². The third-order valence-electron chi connectivity index (χ3n) is 5.09. The Bertz CT molecular complexity index is 1040. The second kappa shape index (κ2) is 8.02. The van der Waals surface area contributed by atoms with E-state index in [1.54, 1.807) is 6.07 Å². The highest BCUT2D eigenvalue weighted by Gasteiger charge is 2.44. The van der Waals surface area contributed by atoms with Crippen LogP contribution in [-0.4, -0.2) is 42.0 Å². The van der Waals surface area contributed by atoms with Gasteiger partial charge in [0.15, 0.2) is 0 Å². The summed E-state index contributed by atoms with van der Waals surface area (Å²) in [6.45, 7) is 4.74. The van der Waals surface area contributed by atoms with Crippen molar-refractivity contribution in [2.75, 3.05) is 18.0 Å². The van der Waals surface area contributed by atoms with Gasteiger partial charge in [0.25, 0.3) is 11.8 Å². The maximum atomic E-state index is 13.5. The van der Waals surface area contributed by atoms with Crippen LogP contribution in [0.4, 0.5) is 10.1 Å². The summed E-state index contributed by atoms with van der Waals surface area (Å²) >= 11 is 12.1. The average Bonchev–Trinajstić information content (AvgIpc) is 2.94. The van der Waals surface area contributed by atoms with Crippen LogP contribution in [0.25, 0.3) is 5.57 Å². The molecule has 2 aliphatic heterocycles. The molecule has 1 saturated heterocycles. The second-order valence-electron chi connectivity index (χ2n) is 7.44. The average molecular weight is 449 g/mol. The van der Waals surface area contributed by atoms with Crippen molar-refractivity contribution in [1.29, 1.82) is 0 Å².